The summed E-state index contributed by atoms with van der Waals surface area (Å²) in [5.74, 6) is 0.0682. The Kier molecular flexibility index (Phi) is 23.6. The number of hydrogen-bond donors (Lipinski definition) is 1. The highest BCUT2D eigenvalue weighted by Crippen LogP contribution is 2.44. The van der Waals surface area contributed by atoms with Gasteiger partial charge < -0.3 is 29.0 Å². The highest BCUT2D eigenvalue weighted by molar-refractivity contribution is 5.79. The van der Waals surface area contributed by atoms with Crippen LogP contribution in [0.4, 0.5) is 4.79 Å². The summed E-state index contributed by atoms with van der Waals surface area (Å²) in [5, 5.41) is 2.83. The van der Waals surface area contributed by atoms with Gasteiger partial charge >= 0.3 is 6.09 Å². The van der Waals surface area contributed by atoms with Crippen LogP contribution in [-0.4, -0.2) is 72.1 Å². The van der Waals surface area contributed by atoms with E-state index in [1.54, 1.807) is 0 Å². The molecule has 0 fully saturated rings. The third kappa shape index (κ3) is 18.4. The molecule has 7 nitrogen and oxygen atoms in total. The summed E-state index contributed by atoms with van der Waals surface area (Å²) in [6.07, 6.45) is 22.5. The first-order valence-electron chi connectivity index (χ1n) is 19.7. The summed E-state index contributed by atoms with van der Waals surface area (Å²) >= 11 is 0. The first-order valence-corrected chi connectivity index (χ1v) is 19.7. The molecule has 276 valence electrons. The third-order valence-corrected chi connectivity index (χ3v) is 9.34. The molecule has 0 heterocycles. The van der Waals surface area contributed by atoms with Gasteiger partial charge in [0.2, 0.25) is 0 Å². The quantitative estimate of drug-likeness (QED) is 0.0775. The molecule has 1 aliphatic rings. The van der Waals surface area contributed by atoms with Crippen LogP contribution in [0.25, 0.3) is 11.1 Å². The molecule has 0 bridgehead atoms. The van der Waals surface area contributed by atoms with Crippen LogP contribution in [0.2, 0.25) is 0 Å². The number of ether oxygens (including phenoxy) is 5. The van der Waals surface area contributed by atoms with Gasteiger partial charge in [-0.2, -0.15) is 0 Å². The lowest BCUT2D eigenvalue weighted by molar-refractivity contribution is -0.00231. The highest BCUT2D eigenvalue weighted by Gasteiger charge is 2.28. The van der Waals surface area contributed by atoms with Gasteiger partial charge in [0.15, 0.2) is 0 Å². The van der Waals surface area contributed by atoms with E-state index in [1.165, 1.54) is 119 Å². The molecule has 0 aliphatic heterocycles. The predicted molar refractivity (Wildman–Crippen MR) is 201 cm³/mol. The van der Waals surface area contributed by atoms with E-state index in [0.717, 1.165) is 13.0 Å². The number of fused-ring (bicyclic) bond motifs is 3. The number of carbonyl (C=O) groups excluding carboxylic acids is 1. The average Bonchev–Trinajstić information content (AvgIpc) is 3.45. The Bertz CT molecular complexity index is 1050. The Morgan fingerprint density at radius 2 is 0.898 bits per heavy atom. The zero-order valence-corrected chi connectivity index (χ0v) is 30.7. The first-order chi connectivity index (χ1) is 24.3. The van der Waals surface area contributed by atoms with Crippen molar-refractivity contribution in [3.8, 4) is 11.1 Å². The molecule has 0 unspecified atom stereocenters. The maximum Gasteiger partial charge on any atom is 0.407 e. The largest absolute Gasteiger partial charge is 0.449 e. The summed E-state index contributed by atoms with van der Waals surface area (Å²) < 4.78 is 28.1. The summed E-state index contributed by atoms with van der Waals surface area (Å²) in [6.45, 7) is 7.91. The molecule has 0 atom stereocenters. The normalized spacial score (nSPS) is 12.3. The van der Waals surface area contributed by atoms with Gasteiger partial charge in [0.05, 0.1) is 39.6 Å². The van der Waals surface area contributed by atoms with Crippen molar-refractivity contribution in [1.82, 2.24) is 5.32 Å². The number of unbranched alkanes of at least 4 members (excludes halogenated alkanes) is 15. The Hall–Kier alpha value is -2.45. The van der Waals surface area contributed by atoms with Gasteiger partial charge in [-0.15, -0.1) is 0 Å². The van der Waals surface area contributed by atoms with Crippen LogP contribution in [0.1, 0.15) is 133 Å². The highest BCUT2D eigenvalue weighted by atomic mass is 16.6. The maximum absolute atomic E-state index is 12.3. The second-order valence-electron chi connectivity index (χ2n) is 13.4. The molecule has 1 aliphatic carbocycles. The second-order valence-corrected chi connectivity index (χ2v) is 13.4. The van der Waals surface area contributed by atoms with Crippen molar-refractivity contribution in [3.05, 3.63) is 59.7 Å². The van der Waals surface area contributed by atoms with Crippen molar-refractivity contribution < 1.29 is 28.5 Å². The second kappa shape index (κ2) is 28.3. The van der Waals surface area contributed by atoms with Crippen LogP contribution >= 0.6 is 0 Å². The third-order valence-electron chi connectivity index (χ3n) is 9.34. The molecule has 7 heteroatoms. The number of amides is 1. The zero-order valence-electron chi connectivity index (χ0n) is 30.7. The van der Waals surface area contributed by atoms with Crippen LogP contribution in [0, 0.1) is 0 Å². The SMILES string of the molecule is CCCCCCCCCCCCCCCCCCOCCOCCOCCOCCCNC(=O)OCC1c2ccccc2-c2ccccc21. The first kappa shape index (κ1) is 41.0. The van der Waals surface area contributed by atoms with E-state index in [-0.39, 0.29) is 5.92 Å². The summed E-state index contributed by atoms with van der Waals surface area (Å²) in [7, 11) is 0. The molecule has 0 radical (unpaired) electrons. The van der Waals surface area contributed by atoms with Crippen LogP contribution in [0.5, 0.6) is 0 Å². The maximum atomic E-state index is 12.3. The molecule has 2 aromatic carbocycles. The fourth-order valence-corrected chi connectivity index (χ4v) is 6.53. The molecule has 0 spiro atoms. The Balaban J connectivity index is 0.979. The number of hydrogen-bond acceptors (Lipinski definition) is 6. The van der Waals surface area contributed by atoms with Crippen molar-refractivity contribution in [1.29, 1.82) is 0 Å². The van der Waals surface area contributed by atoms with Crippen LogP contribution in [0.3, 0.4) is 0 Å². The molecule has 0 aromatic heterocycles. The molecule has 0 saturated heterocycles. The summed E-state index contributed by atoms with van der Waals surface area (Å²) in [4.78, 5) is 12.3. The Morgan fingerprint density at radius 3 is 1.37 bits per heavy atom. The van der Waals surface area contributed by atoms with Gasteiger partial charge in [0.1, 0.15) is 6.61 Å². The van der Waals surface area contributed by atoms with Crippen molar-refractivity contribution in [3.63, 3.8) is 0 Å². The summed E-state index contributed by atoms with van der Waals surface area (Å²) in [6, 6.07) is 16.7. The van der Waals surface area contributed by atoms with Crippen LogP contribution in [-0.2, 0) is 23.7 Å². The van der Waals surface area contributed by atoms with Crippen molar-refractivity contribution in [2.45, 2.75) is 122 Å². The lowest BCUT2D eigenvalue weighted by Crippen LogP contribution is -2.27. The average molecular weight is 682 g/mol. The van der Waals surface area contributed by atoms with Crippen molar-refractivity contribution >= 4 is 6.09 Å². The zero-order chi connectivity index (χ0) is 34.5. The monoisotopic (exact) mass is 681 g/mol. The van der Waals surface area contributed by atoms with E-state index in [9.17, 15) is 4.79 Å². The Morgan fingerprint density at radius 1 is 0.510 bits per heavy atom. The molecular formula is C42H67NO6. The molecule has 2 aromatic rings. The van der Waals surface area contributed by atoms with Gasteiger partial charge in [0.25, 0.3) is 0 Å². The Labute approximate surface area is 298 Å². The van der Waals surface area contributed by atoms with E-state index in [2.05, 4.69) is 36.5 Å². The minimum absolute atomic E-state index is 0.0682. The minimum atomic E-state index is -0.393. The molecule has 1 amide bonds. The number of carbonyl (C=O) groups is 1. The number of nitrogens with one attached hydrogen (secondary N) is 1. The van der Waals surface area contributed by atoms with Gasteiger partial charge in [0, 0.05) is 25.7 Å². The molecule has 0 saturated carbocycles. The summed E-state index contributed by atoms with van der Waals surface area (Å²) in [5.41, 5.74) is 4.87. The van der Waals surface area contributed by atoms with Crippen LogP contribution < -0.4 is 5.32 Å². The molecule has 49 heavy (non-hydrogen) atoms. The van der Waals surface area contributed by atoms with E-state index in [0.29, 0.717) is 65.8 Å². The van der Waals surface area contributed by atoms with Gasteiger partial charge in [-0.3, -0.25) is 0 Å². The fourth-order valence-electron chi connectivity index (χ4n) is 6.53. The fraction of sp³-hybridized carbons (Fsp3) is 0.690. The molecule has 1 N–H and O–H groups in total. The molecular weight excluding hydrogens is 614 g/mol. The topological polar surface area (TPSA) is 75.3 Å². The lowest BCUT2D eigenvalue weighted by Gasteiger charge is -2.14. The predicted octanol–water partition coefficient (Wildman–Crippen LogP) is 10.2. The van der Waals surface area contributed by atoms with Crippen molar-refractivity contribution in [2.24, 2.45) is 0 Å². The van der Waals surface area contributed by atoms with E-state index in [1.807, 2.05) is 24.3 Å². The van der Waals surface area contributed by atoms with E-state index >= 15 is 0 Å². The van der Waals surface area contributed by atoms with E-state index in [4.69, 9.17) is 23.7 Å². The minimum Gasteiger partial charge on any atom is -0.449 e. The number of alkyl carbamates (subject to hydrolysis) is 1. The number of rotatable bonds is 32. The lowest BCUT2D eigenvalue weighted by atomic mass is 9.98. The van der Waals surface area contributed by atoms with Gasteiger partial charge in [-0.1, -0.05) is 152 Å². The van der Waals surface area contributed by atoms with Gasteiger partial charge in [-0.05, 0) is 35.1 Å². The number of benzene rings is 2. The van der Waals surface area contributed by atoms with Crippen LogP contribution in [0.15, 0.2) is 48.5 Å². The van der Waals surface area contributed by atoms with Gasteiger partial charge in [-0.25, -0.2) is 4.79 Å². The molecule has 3 rings (SSSR count). The standard InChI is InChI=1S/C42H67NO6/c1-2-3-4-5-6-7-8-9-10-11-12-13-14-15-16-21-28-45-30-32-47-34-35-48-33-31-46-29-22-27-43-42(44)49-36-41-39-25-19-17-23-37(39)38-24-18-20-26-40(38)41/h17-20,23-26,41H,2-16,21-22,27-36H2,1H3,(H,43,44). The van der Waals surface area contributed by atoms with E-state index < -0.39 is 6.09 Å². The smallest absolute Gasteiger partial charge is 0.407 e. The van der Waals surface area contributed by atoms with Crippen molar-refractivity contribution in [2.75, 3.05) is 66.0 Å².